The molecule has 3 N–H and O–H groups in total. The van der Waals surface area contributed by atoms with Gasteiger partial charge < -0.3 is 29.5 Å². The zero-order valence-electron chi connectivity index (χ0n) is 11.9. The zero-order chi connectivity index (χ0) is 14.5. The predicted octanol–water partition coefficient (Wildman–Crippen LogP) is 0.0456. The third-order valence-electron chi connectivity index (χ3n) is 1.32. The van der Waals surface area contributed by atoms with E-state index in [4.69, 9.17) is 29.5 Å². The molecule has 0 aliphatic rings. The maximum Gasteiger partial charge on any atom is 0.0701 e. The van der Waals surface area contributed by atoms with Crippen molar-refractivity contribution in [1.82, 2.24) is 0 Å². The van der Waals surface area contributed by atoms with Gasteiger partial charge in [-0.05, 0) is 20.8 Å². The maximum atomic E-state index is 8.26. The first-order valence-corrected chi connectivity index (χ1v) is 6.30. The monoisotopic (exact) mass is 270 g/mol. The highest BCUT2D eigenvalue weighted by atomic mass is 16.5. The van der Waals surface area contributed by atoms with E-state index in [1.54, 1.807) is 0 Å². The number of aliphatic hydroxyl groups excluding tert-OH is 3. The first kappa shape index (κ1) is 22.9. The summed E-state index contributed by atoms with van der Waals surface area (Å²) in [5.41, 5.74) is 0. The van der Waals surface area contributed by atoms with Crippen LogP contribution in [0.1, 0.15) is 20.8 Å². The van der Waals surface area contributed by atoms with Crippen molar-refractivity contribution >= 4 is 0 Å². The van der Waals surface area contributed by atoms with Crippen molar-refractivity contribution in [2.75, 3.05) is 59.5 Å². The van der Waals surface area contributed by atoms with Crippen molar-refractivity contribution in [3.8, 4) is 0 Å². The van der Waals surface area contributed by atoms with Gasteiger partial charge in [0.2, 0.25) is 0 Å². The van der Waals surface area contributed by atoms with Crippen LogP contribution < -0.4 is 0 Å². The van der Waals surface area contributed by atoms with Crippen LogP contribution in [0.4, 0.5) is 0 Å². The number of aliphatic hydroxyl groups is 3. The first-order chi connectivity index (χ1) is 8.74. The average molecular weight is 270 g/mol. The van der Waals surface area contributed by atoms with Gasteiger partial charge in [0.1, 0.15) is 0 Å². The molecular formula is C12H30O6. The van der Waals surface area contributed by atoms with Crippen molar-refractivity contribution in [2.24, 2.45) is 0 Å². The third kappa shape index (κ3) is 44.7. The number of hydrogen-bond donors (Lipinski definition) is 3. The van der Waals surface area contributed by atoms with E-state index in [0.717, 1.165) is 19.8 Å². The normalized spacial score (nSPS) is 9.00. The minimum Gasteiger partial charge on any atom is -0.394 e. The van der Waals surface area contributed by atoms with Gasteiger partial charge in [0.05, 0.1) is 39.6 Å². The fourth-order valence-electron chi connectivity index (χ4n) is 0.633. The van der Waals surface area contributed by atoms with Crippen LogP contribution in [0, 0.1) is 0 Å². The molecule has 0 aliphatic heterocycles. The van der Waals surface area contributed by atoms with E-state index >= 15 is 0 Å². The van der Waals surface area contributed by atoms with E-state index in [1.165, 1.54) is 0 Å². The Labute approximate surface area is 110 Å². The Balaban J connectivity index is -0.000000212. The van der Waals surface area contributed by atoms with Crippen LogP contribution >= 0.6 is 0 Å². The molecule has 0 radical (unpaired) electrons. The summed E-state index contributed by atoms with van der Waals surface area (Å²) in [6.07, 6.45) is 0. The fourth-order valence-corrected chi connectivity index (χ4v) is 0.633. The molecule has 18 heavy (non-hydrogen) atoms. The van der Waals surface area contributed by atoms with Gasteiger partial charge in [-0.15, -0.1) is 0 Å². The van der Waals surface area contributed by atoms with Crippen LogP contribution in [0.2, 0.25) is 0 Å². The minimum atomic E-state index is -0.125. The van der Waals surface area contributed by atoms with Gasteiger partial charge in [-0.25, -0.2) is 0 Å². The molecule has 0 bridgehead atoms. The molecule has 0 saturated carbocycles. The number of rotatable bonds is 9. The molecule has 0 aromatic heterocycles. The number of ether oxygens (including phenoxy) is 3. The summed E-state index contributed by atoms with van der Waals surface area (Å²) in [6.45, 7) is 9.78. The highest BCUT2D eigenvalue weighted by Crippen LogP contribution is 1.76. The predicted molar refractivity (Wildman–Crippen MR) is 70.7 cm³/mol. The minimum absolute atomic E-state index is 0.0894. The molecule has 6 nitrogen and oxygen atoms in total. The third-order valence-corrected chi connectivity index (χ3v) is 1.32. The van der Waals surface area contributed by atoms with Crippen LogP contribution in [-0.4, -0.2) is 74.8 Å². The van der Waals surface area contributed by atoms with E-state index in [9.17, 15) is 0 Å². The summed E-state index contributed by atoms with van der Waals surface area (Å²) in [5, 5.41) is 23.5. The van der Waals surface area contributed by atoms with Gasteiger partial charge in [0.15, 0.2) is 0 Å². The second-order valence-electron chi connectivity index (χ2n) is 2.76. The number of hydrogen-bond acceptors (Lipinski definition) is 6. The second kappa shape index (κ2) is 30.1. The highest BCUT2D eigenvalue weighted by molar-refractivity contribution is 4.28. The molecule has 0 aromatic carbocycles. The van der Waals surface area contributed by atoms with Gasteiger partial charge in [-0.3, -0.25) is 0 Å². The molecule has 0 aromatic rings. The molecule has 0 rings (SSSR count). The molecular weight excluding hydrogens is 240 g/mol. The topological polar surface area (TPSA) is 88.4 Å². The second-order valence-corrected chi connectivity index (χ2v) is 2.76. The molecule has 6 heteroatoms. The first-order valence-electron chi connectivity index (χ1n) is 6.30. The van der Waals surface area contributed by atoms with E-state index in [0.29, 0.717) is 19.8 Å². The Hall–Kier alpha value is -0.240. The van der Waals surface area contributed by atoms with Gasteiger partial charge in [0, 0.05) is 19.8 Å². The SMILES string of the molecule is CCOCC.CCOCCOCCO.OCCO. The van der Waals surface area contributed by atoms with Crippen LogP contribution in [-0.2, 0) is 14.2 Å². The largest absolute Gasteiger partial charge is 0.394 e. The lowest BCUT2D eigenvalue weighted by Gasteiger charge is -2.00. The van der Waals surface area contributed by atoms with E-state index < -0.39 is 0 Å². The fraction of sp³-hybridized carbons (Fsp3) is 1.00. The molecule has 114 valence electrons. The summed E-state index contributed by atoms with van der Waals surface area (Å²) >= 11 is 0. The van der Waals surface area contributed by atoms with Crippen molar-refractivity contribution in [3.05, 3.63) is 0 Å². The average Bonchev–Trinajstić information content (AvgIpc) is 2.41. The Kier molecular flexibility index (Phi) is 38.3. The van der Waals surface area contributed by atoms with Crippen LogP contribution in [0.15, 0.2) is 0 Å². The van der Waals surface area contributed by atoms with Gasteiger partial charge in [-0.2, -0.15) is 0 Å². The zero-order valence-corrected chi connectivity index (χ0v) is 11.9. The molecule has 0 spiro atoms. The Bertz CT molecular complexity index is 92.6. The van der Waals surface area contributed by atoms with Crippen LogP contribution in [0.3, 0.4) is 0 Å². The van der Waals surface area contributed by atoms with Crippen LogP contribution in [0.5, 0.6) is 0 Å². The Morgan fingerprint density at radius 3 is 1.28 bits per heavy atom. The maximum absolute atomic E-state index is 8.26. The summed E-state index contributed by atoms with van der Waals surface area (Å²) in [7, 11) is 0. The van der Waals surface area contributed by atoms with E-state index in [2.05, 4.69) is 0 Å². The highest BCUT2D eigenvalue weighted by Gasteiger charge is 1.84. The standard InChI is InChI=1S/C6H14O3.C4H10O.C2H6O2/c1-2-8-5-6-9-4-3-7;1-3-5-4-2;3-1-2-4/h7H,2-6H2,1H3;3-4H2,1-2H3;3-4H,1-2H2. The van der Waals surface area contributed by atoms with Crippen LogP contribution in [0.25, 0.3) is 0 Å². The molecule has 0 aliphatic carbocycles. The van der Waals surface area contributed by atoms with E-state index in [1.807, 2.05) is 20.8 Å². The van der Waals surface area contributed by atoms with Crippen molar-refractivity contribution in [3.63, 3.8) is 0 Å². The molecule has 0 saturated heterocycles. The lowest BCUT2D eigenvalue weighted by atomic mass is 10.7. The lowest BCUT2D eigenvalue weighted by molar-refractivity contribution is 0.0370. The van der Waals surface area contributed by atoms with Gasteiger partial charge >= 0.3 is 0 Å². The Morgan fingerprint density at radius 2 is 1.00 bits per heavy atom. The molecule has 0 atom stereocenters. The van der Waals surface area contributed by atoms with Crippen molar-refractivity contribution in [1.29, 1.82) is 0 Å². The van der Waals surface area contributed by atoms with Gasteiger partial charge in [-0.1, -0.05) is 0 Å². The van der Waals surface area contributed by atoms with E-state index in [-0.39, 0.29) is 19.8 Å². The summed E-state index contributed by atoms with van der Waals surface area (Å²) in [5.74, 6) is 0. The van der Waals surface area contributed by atoms with Crippen molar-refractivity contribution in [2.45, 2.75) is 20.8 Å². The Morgan fingerprint density at radius 1 is 0.556 bits per heavy atom. The summed E-state index contributed by atoms with van der Waals surface area (Å²) < 4.78 is 14.7. The summed E-state index contributed by atoms with van der Waals surface area (Å²) in [6, 6.07) is 0. The molecule has 0 heterocycles. The quantitative estimate of drug-likeness (QED) is 0.513. The van der Waals surface area contributed by atoms with Gasteiger partial charge in [0.25, 0.3) is 0 Å². The lowest BCUT2D eigenvalue weighted by Crippen LogP contribution is -2.06. The van der Waals surface area contributed by atoms with Crippen molar-refractivity contribution < 1.29 is 29.5 Å². The molecule has 0 fully saturated rings. The summed E-state index contributed by atoms with van der Waals surface area (Å²) in [4.78, 5) is 0. The smallest absolute Gasteiger partial charge is 0.0701 e. The molecule has 0 unspecified atom stereocenters. The molecule has 0 amide bonds.